The molecule has 6 nitrogen and oxygen atoms in total. The molecule has 276 valence electrons. The van der Waals surface area contributed by atoms with Crippen molar-refractivity contribution in [2.45, 2.75) is 15.2 Å². The van der Waals surface area contributed by atoms with Crippen molar-refractivity contribution < 1.29 is 4.74 Å². The van der Waals surface area contributed by atoms with Crippen LogP contribution in [0.4, 0.5) is 0 Å². The molecule has 0 unspecified atom stereocenters. The first-order chi connectivity index (χ1) is 29.3. The quantitative estimate of drug-likeness (QED) is 0.179. The second-order valence-electron chi connectivity index (χ2n) is 15.1. The van der Waals surface area contributed by atoms with Gasteiger partial charge in [0.25, 0.3) is 0 Å². The van der Waals surface area contributed by atoms with Crippen LogP contribution >= 0.6 is 11.8 Å². The molecular formula is C52H31N5OS. The molecule has 0 saturated carbocycles. The van der Waals surface area contributed by atoms with Gasteiger partial charge in [-0.15, -0.1) is 0 Å². The molecule has 0 atom stereocenters. The molecule has 0 N–H and O–H groups in total. The summed E-state index contributed by atoms with van der Waals surface area (Å²) in [4.78, 5) is 18.7. The van der Waals surface area contributed by atoms with E-state index in [9.17, 15) is 0 Å². The van der Waals surface area contributed by atoms with E-state index in [1.54, 1.807) is 11.8 Å². The van der Waals surface area contributed by atoms with Gasteiger partial charge in [-0.3, -0.25) is 9.13 Å². The van der Waals surface area contributed by atoms with Gasteiger partial charge in [-0.05, 0) is 53.6 Å². The number of nitrogens with zero attached hydrogens (tertiary/aromatic N) is 5. The first kappa shape index (κ1) is 32.6. The highest BCUT2D eigenvalue weighted by molar-refractivity contribution is 7.99. The zero-order valence-corrected chi connectivity index (χ0v) is 32.3. The first-order valence-electron chi connectivity index (χ1n) is 19.8. The van der Waals surface area contributed by atoms with E-state index < -0.39 is 5.41 Å². The predicted octanol–water partition coefficient (Wildman–Crippen LogP) is 12.7. The number of benzene rings is 8. The van der Waals surface area contributed by atoms with Crippen LogP contribution < -0.4 is 4.74 Å². The molecule has 3 aromatic heterocycles. The third-order valence-corrected chi connectivity index (χ3v) is 13.4. The fourth-order valence-electron chi connectivity index (χ4n) is 9.76. The van der Waals surface area contributed by atoms with Crippen molar-refractivity contribution in [3.8, 4) is 34.8 Å². The van der Waals surface area contributed by atoms with Crippen molar-refractivity contribution >= 4 is 55.4 Å². The van der Waals surface area contributed by atoms with E-state index in [0.29, 0.717) is 17.7 Å². The minimum Gasteiger partial charge on any atom is -0.457 e. The van der Waals surface area contributed by atoms with Crippen LogP contribution in [0.5, 0.6) is 11.5 Å². The Morgan fingerprint density at radius 2 is 0.814 bits per heavy atom. The number of para-hydroxylation sites is 6. The summed E-state index contributed by atoms with van der Waals surface area (Å²) in [5, 5.41) is 4.58. The Bertz CT molecular complexity index is 3250. The molecule has 5 heterocycles. The van der Waals surface area contributed by atoms with Gasteiger partial charge in [0.2, 0.25) is 11.9 Å². The molecule has 0 saturated heterocycles. The van der Waals surface area contributed by atoms with Crippen LogP contribution in [0.2, 0.25) is 0 Å². The van der Waals surface area contributed by atoms with Gasteiger partial charge in [-0.1, -0.05) is 157 Å². The van der Waals surface area contributed by atoms with Crippen LogP contribution in [0.15, 0.2) is 198 Å². The Hall–Kier alpha value is -7.48. The molecule has 7 heteroatoms. The van der Waals surface area contributed by atoms with Crippen LogP contribution in [-0.4, -0.2) is 24.1 Å². The Morgan fingerprint density at radius 3 is 1.34 bits per heavy atom. The molecule has 0 aliphatic carbocycles. The highest BCUT2D eigenvalue weighted by Crippen LogP contribution is 2.62. The number of hydrogen-bond acceptors (Lipinski definition) is 5. The van der Waals surface area contributed by atoms with Gasteiger partial charge in [-0.2, -0.15) is 15.0 Å². The third kappa shape index (κ3) is 4.45. The molecule has 11 aromatic rings. The van der Waals surface area contributed by atoms with E-state index in [1.807, 2.05) is 0 Å². The second kappa shape index (κ2) is 12.3. The first-order valence-corrected chi connectivity index (χ1v) is 20.6. The lowest BCUT2D eigenvalue weighted by Crippen LogP contribution is -2.36. The summed E-state index contributed by atoms with van der Waals surface area (Å²) < 4.78 is 11.0. The molecule has 13 rings (SSSR count). The predicted molar refractivity (Wildman–Crippen MR) is 236 cm³/mol. The highest BCUT2D eigenvalue weighted by atomic mass is 32.2. The lowest BCUT2D eigenvalue weighted by Gasteiger charge is -2.45. The summed E-state index contributed by atoms with van der Waals surface area (Å²) in [6, 6.07) is 66.4. The minimum atomic E-state index is -0.656. The summed E-state index contributed by atoms with van der Waals surface area (Å²) in [7, 11) is 0. The Balaban J connectivity index is 1.15. The molecule has 8 aromatic carbocycles. The molecule has 59 heavy (non-hydrogen) atoms. The van der Waals surface area contributed by atoms with Gasteiger partial charge in [0.15, 0.2) is 5.82 Å². The van der Waals surface area contributed by atoms with Crippen molar-refractivity contribution in [3.63, 3.8) is 0 Å². The summed E-state index contributed by atoms with van der Waals surface area (Å²) in [5.74, 6) is 3.42. The van der Waals surface area contributed by atoms with Gasteiger partial charge in [0.05, 0.1) is 27.5 Å². The molecule has 2 aliphatic heterocycles. The summed E-state index contributed by atoms with van der Waals surface area (Å²) in [5.41, 5.74) is 9.03. The van der Waals surface area contributed by atoms with Crippen molar-refractivity contribution in [2.24, 2.45) is 0 Å². The van der Waals surface area contributed by atoms with E-state index in [4.69, 9.17) is 19.7 Å². The van der Waals surface area contributed by atoms with Crippen molar-refractivity contribution in [2.75, 3.05) is 0 Å². The number of aromatic nitrogens is 5. The Kier molecular flexibility index (Phi) is 6.77. The minimum absolute atomic E-state index is 0.555. The molecular weight excluding hydrogens is 743 g/mol. The molecule has 2 aliphatic rings. The average Bonchev–Trinajstić information content (AvgIpc) is 3.82. The molecule has 0 amide bonds. The lowest BCUT2D eigenvalue weighted by atomic mass is 9.63. The lowest BCUT2D eigenvalue weighted by molar-refractivity contribution is 0.431. The molecule has 1 spiro atoms. The summed E-state index contributed by atoms with van der Waals surface area (Å²) >= 11 is 1.78. The Morgan fingerprint density at radius 1 is 0.390 bits per heavy atom. The third-order valence-electron chi connectivity index (χ3n) is 12.1. The number of rotatable bonds is 3. The van der Waals surface area contributed by atoms with E-state index in [0.717, 1.165) is 76.7 Å². The zero-order valence-electron chi connectivity index (χ0n) is 31.5. The summed E-state index contributed by atoms with van der Waals surface area (Å²) in [6.45, 7) is 0. The van der Waals surface area contributed by atoms with Crippen molar-refractivity contribution in [1.82, 2.24) is 24.1 Å². The maximum atomic E-state index is 6.66. The van der Waals surface area contributed by atoms with Crippen LogP contribution in [0, 0.1) is 0 Å². The topological polar surface area (TPSA) is 57.8 Å². The maximum Gasteiger partial charge on any atom is 0.240 e. The Labute approximate surface area is 343 Å². The molecule has 0 radical (unpaired) electrons. The van der Waals surface area contributed by atoms with Crippen LogP contribution in [0.3, 0.4) is 0 Å². The van der Waals surface area contributed by atoms with Gasteiger partial charge in [0, 0.05) is 48.0 Å². The van der Waals surface area contributed by atoms with Gasteiger partial charge in [-0.25, -0.2) is 0 Å². The maximum absolute atomic E-state index is 6.66. The van der Waals surface area contributed by atoms with Crippen LogP contribution in [-0.2, 0) is 5.41 Å². The van der Waals surface area contributed by atoms with Gasteiger partial charge >= 0.3 is 0 Å². The standard InChI is InChI=1S/C52H31N5OS/c1-8-25-41-32(16-1)33-17-2-9-26-42(33)56(41)50-53-49(54-51(55-50)57-43-27-10-3-18-34(43)35-19-4-11-28-44(35)57)36-20-15-24-40-48(36)59-47-31-14-7-23-39(47)52(40)37-21-5-12-29-45(37)58-46-30-13-6-22-38(46)52/h1-31H. The molecule has 0 bridgehead atoms. The van der Waals surface area contributed by atoms with Crippen LogP contribution in [0.1, 0.15) is 22.3 Å². The van der Waals surface area contributed by atoms with Crippen molar-refractivity contribution in [3.05, 3.63) is 210 Å². The van der Waals surface area contributed by atoms with Gasteiger partial charge < -0.3 is 4.74 Å². The van der Waals surface area contributed by atoms with Gasteiger partial charge in [0.1, 0.15) is 11.5 Å². The monoisotopic (exact) mass is 773 g/mol. The number of ether oxygens (including phenoxy) is 1. The van der Waals surface area contributed by atoms with E-state index >= 15 is 0 Å². The zero-order chi connectivity index (χ0) is 38.7. The molecule has 0 fully saturated rings. The number of fused-ring (bicyclic) bond motifs is 14. The normalized spacial score (nSPS) is 13.6. The largest absolute Gasteiger partial charge is 0.457 e. The fourth-order valence-corrected chi connectivity index (χ4v) is 11.1. The van der Waals surface area contributed by atoms with Crippen LogP contribution in [0.25, 0.3) is 66.9 Å². The number of hydrogen-bond donors (Lipinski definition) is 0. The summed E-state index contributed by atoms with van der Waals surface area (Å²) in [6.07, 6.45) is 0. The highest BCUT2D eigenvalue weighted by Gasteiger charge is 2.50. The fraction of sp³-hybridized carbons (Fsp3) is 0.0192. The SMILES string of the molecule is c1ccc2c(c1)Oc1ccccc1C21c2ccccc2Sc2c(-c3nc(-n4c5ccccc5c5ccccc54)nc(-n4c5ccccc5c5ccccc54)n3)cccc21. The van der Waals surface area contributed by atoms with Crippen molar-refractivity contribution in [1.29, 1.82) is 0 Å². The van der Waals surface area contributed by atoms with E-state index in [2.05, 4.69) is 197 Å². The van der Waals surface area contributed by atoms with E-state index in [1.165, 1.54) is 16.0 Å². The second-order valence-corrected chi connectivity index (χ2v) is 16.2. The average molecular weight is 774 g/mol. The van der Waals surface area contributed by atoms with E-state index in [-0.39, 0.29) is 0 Å². The smallest absolute Gasteiger partial charge is 0.240 e.